The Morgan fingerprint density at radius 2 is 1.96 bits per heavy atom. The summed E-state index contributed by atoms with van der Waals surface area (Å²) in [5.74, 6) is 0.331. The molecule has 0 saturated heterocycles. The quantitative estimate of drug-likeness (QED) is 0.315. The van der Waals surface area contributed by atoms with Crippen molar-refractivity contribution in [3.8, 4) is 15.8 Å². The molecule has 0 fully saturated rings. The van der Waals surface area contributed by atoms with Crippen LogP contribution in [0.4, 0.5) is 5.69 Å². The molecule has 1 aromatic heterocycles. The van der Waals surface area contributed by atoms with Gasteiger partial charge in [-0.3, -0.25) is 0 Å². The first kappa shape index (κ1) is 21.3. The van der Waals surface area contributed by atoms with Crippen LogP contribution in [0, 0.1) is 7.14 Å². The van der Waals surface area contributed by atoms with Gasteiger partial charge in [-0.1, -0.05) is 0 Å². The summed E-state index contributed by atoms with van der Waals surface area (Å²) >= 11 is 8.96. The third-order valence-electron chi connectivity index (χ3n) is 5.37. The standard InChI is InChI=1S/C21H18BrI2NOSeSi/c1-4-9-28(3)15-10-12(26)6-8-13(15)25-14-7-5-11(2)16(20(14)28)19-17(23)18(24)21(22)27-19/h5-8,10,26H,2,4,9H2,1,3H3. The van der Waals surface area contributed by atoms with E-state index in [-0.39, 0.29) is 14.5 Å². The molecule has 2 heterocycles. The van der Waals surface area contributed by atoms with Crippen LogP contribution in [-0.4, -0.2) is 27.7 Å². The molecule has 0 saturated carbocycles. The van der Waals surface area contributed by atoms with Crippen LogP contribution in [0.25, 0.3) is 16.6 Å². The number of aromatic hydroxyl groups is 1. The molecule has 0 bridgehead atoms. The van der Waals surface area contributed by atoms with Crippen LogP contribution in [0.3, 0.4) is 0 Å². The Morgan fingerprint density at radius 1 is 1.21 bits per heavy atom. The summed E-state index contributed by atoms with van der Waals surface area (Å²) in [6.07, 6.45) is 1.11. The molecule has 1 N–H and O–H groups in total. The van der Waals surface area contributed by atoms with Crippen molar-refractivity contribution in [1.29, 1.82) is 0 Å². The molecule has 4 rings (SSSR count). The Balaban J connectivity index is 2.16. The van der Waals surface area contributed by atoms with Crippen LogP contribution in [0.1, 0.15) is 13.3 Å². The fraction of sp³-hybridized carbons (Fsp3) is 0.190. The molecule has 0 amide bonds. The zero-order valence-corrected chi connectivity index (χ0v) is 24.1. The molecule has 1 aliphatic heterocycles. The van der Waals surface area contributed by atoms with E-state index in [0.717, 1.165) is 28.7 Å². The van der Waals surface area contributed by atoms with Gasteiger partial charge in [-0.2, -0.15) is 0 Å². The SMILES string of the molecule is C=c1ccc2c(c1-c1[se]c(Br)c(I)c1I)[Si](C)(CCC)c1cc(O)ccc1N=2. The van der Waals surface area contributed by atoms with E-state index >= 15 is 0 Å². The summed E-state index contributed by atoms with van der Waals surface area (Å²) in [7, 11) is -2.08. The second-order valence-electron chi connectivity index (χ2n) is 7.22. The van der Waals surface area contributed by atoms with E-state index in [2.05, 4.69) is 93.3 Å². The van der Waals surface area contributed by atoms with Gasteiger partial charge >= 0.3 is 210 Å². The fourth-order valence-electron chi connectivity index (χ4n) is 4.16. The Labute approximate surface area is 207 Å². The number of benzene rings is 2. The molecule has 1 atom stereocenters. The molecule has 28 heavy (non-hydrogen) atoms. The van der Waals surface area contributed by atoms with E-state index < -0.39 is 8.07 Å². The first-order valence-corrected chi connectivity index (χ1v) is 16.3. The van der Waals surface area contributed by atoms with Gasteiger partial charge in [0.05, 0.1) is 0 Å². The van der Waals surface area contributed by atoms with Crippen molar-refractivity contribution in [2.45, 2.75) is 25.9 Å². The van der Waals surface area contributed by atoms with Gasteiger partial charge in [0.2, 0.25) is 0 Å². The summed E-state index contributed by atoms with van der Waals surface area (Å²) in [6, 6.07) is 11.1. The molecular weight excluding hydrogens is 723 g/mol. The van der Waals surface area contributed by atoms with Gasteiger partial charge in [0, 0.05) is 0 Å². The average molecular weight is 741 g/mol. The zero-order valence-electron chi connectivity index (χ0n) is 15.4. The number of rotatable bonds is 3. The molecule has 0 aliphatic carbocycles. The second kappa shape index (κ2) is 7.96. The molecule has 1 unspecified atom stereocenters. The van der Waals surface area contributed by atoms with E-state index in [4.69, 9.17) is 4.99 Å². The molecule has 3 aromatic rings. The second-order valence-corrected chi connectivity index (χ2v) is 17.7. The van der Waals surface area contributed by atoms with Crippen molar-refractivity contribution in [2.24, 2.45) is 4.99 Å². The summed E-state index contributed by atoms with van der Waals surface area (Å²) < 4.78 is 5.37. The molecule has 2 nitrogen and oxygen atoms in total. The van der Waals surface area contributed by atoms with Crippen LogP contribution in [0.15, 0.2) is 38.7 Å². The van der Waals surface area contributed by atoms with Crippen molar-refractivity contribution < 1.29 is 5.11 Å². The van der Waals surface area contributed by atoms with Gasteiger partial charge in [-0.15, -0.1) is 0 Å². The monoisotopic (exact) mass is 741 g/mol. The molecule has 0 spiro atoms. The Hall–Kier alpha value is 0.0664. The predicted molar refractivity (Wildman–Crippen MR) is 142 cm³/mol. The normalized spacial score (nSPS) is 17.8. The summed E-state index contributed by atoms with van der Waals surface area (Å²) in [4.78, 5) is 5.01. The number of hydrogen-bond acceptors (Lipinski definition) is 2. The number of hydrogen-bond donors (Lipinski definition) is 1. The Bertz CT molecular complexity index is 1230. The average Bonchev–Trinajstić information content (AvgIpc) is 2.91. The maximum atomic E-state index is 10.2. The van der Waals surface area contributed by atoms with Gasteiger partial charge < -0.3 is 0 Å². The fourth-order valence-corrected chi connectivity index (χ4v) is 14.9. The van der Waals surface area contributed by atoms with Gasteiger partial charge in [0.1, 0.15) is 0 Å². The van der Waals surface area contributed by atoms with Crippen molar-refractivity contribution in [1.82, 2.24) is 0 Å². The molecule has 0 radical (unpaired) electrons. The maximum absolute atomic E-state index is 10.2. The molecule has 7 heteroatoms. The summed E-state index contributed by atoms with van der Waals surface area (Å²) in [5.41, 5.74) is 2.33. The first-order chi connectivity index (χ1) is 13.3. The predicted octanol–water partition coefficient (Wildman–Crippen LogP) is 4.37. The first-order valence-electron chi connectivity index (χ1n) is 8.96. The van der Waals surface area contributed by atoms with Crippen LogP contribution in [0.2, 0.25) is 12.6 Å². The van der Waals surface area contributed by atoms with Crippen molar-refractivity contribution in [3.63, 3.8) is 0 Å². The zero-order chi connectivity index (χ0) is 20.2. The summed E-state index contributed by atoms with van der Waals surface area (Å²) in [6.45, 7) is 9.12. The van der Waals surface area contributed by atoms with E-state index in [1.807, 2.05) is 12.1 Å². The molecule has 1 aliphatic rings. The van der Waals surface area contributed by atoms with Crippen molar-refractivity contribution in [3.05, 3.63) is 51.4 Å². The van der Waals surface area contributed by atoms with E-state index in [1.165, 1.54) is 30.9 Å². The van der Waals surface area contributed by atoms with Gasteiger partial charge in [-0.25, -0.2) is 0 Å². The number of halogens is 3. The summed E-state index contributed by atoms with van der Waals surface area (Å²) in [5, 5.41) is 15.1. The minimum absolute atomic E-state index is 0.245. The molecule has 144 valence electrons. The van der Waals surface area contributed by atoms with Gasteiger partial charge in [0.15, 0.2) is 0 Å². The van der Waals surface area contributed by atoms with Crippen LogP contribution >= 0.6 is 61.1 Å². The van der Waals surface area contributed by atoms with Crippen LogP contribution in [0.5, 0.6) is 5.75 Å². The number of phenolic OH excluding ortho intramolecular Hbond substituents is 1. The van der Waals surface area contributed by atoms with Crippen LogP contribution in [-0.2, 0) is 0 Å². The van der Waals surface area contributed by atoms with Crippen molar-refractivity contribution in [2.75, 3.05) is 0 Å². The Morgan fingerprint density at radius 3 is 2.61 bits per heavy atom. The number of phenols is 1. The minimum atomic E-state index is -2.08. The molecular formula is C21H18BrI2NOSeSi. The van der Waals surface area contributed by atoms with E-state index in [0.29, 0.717) is 5.75 Å². The Kier molecular flexibility index (Phi) is 6.06. The van der Waals surface area contributed by atoms with Gasteiger partial charge in [-0.05, 0) is 0 Å². The van der Waals surface area contributed by atoms with E-state index in [9.17, 15) is 5.11 Å². The van der Waals surface area contributed by atoms with Gasteiger partial charge in [0.25, 0.3) is 0 Å². The molecule has 2 aromatic carbocycles. The number of nitrogens with zero attached hydrogens (tertiary/aromatic N) is 1. The number of fused-ring (bicyclic) bond motifs is 2. The topological polar surface area (TPSA) is 32.6 Å². The van der Waals surface area contributed by atoms with Crippen LogP contribution < -0.4 is 20.9 Å². The third-order valence-corrected chi connectivity index (χ3v) is 19.0. The van der Waals surface area contributed by atoms with Crippen molar-refractivity contribution >= 4 is 106 Å². The van der Waals surface area contributed by atoms with E-state index in [1.54, 1.807) is 6.07 Å². The third kappa shape index (κ3) is 3.34.